The van der Waals surface area contributed by atoms with Crippen molar-refractivity contribution >= 4 is 23.0 Å². The van der Waals surface area contributed by atoms with Crippen LogP contribution in [0, 0.1) is 20.8 Å². The third-order valence-corrected chi connectivity index (χ3v) is 6.84. The number of ether oxygens (including phenoxy) is 1. The number of aromatic nitrogens is 2. The van der Waals surface area contributed by atoms with E-state index in [2.05, 4.69) is 89.1 Å². The molecule has 4 aromatic rings. The van der Waals surface area contributed by atoms with Gasteiger partial charge in [0.15, 0.2) is 5.11 Å². The van der Waals surface area contributed by atoms with E-state index < -0.39 is 0 Å². The minimum Gasteiger partial charge on any atom is -0.497 e. The van der Waals surface area contributed by atoms with Crippen molar-refractivity contribution in [3.8, 4) is 11.4 Å². The van der Waals surface area contributed by atoms with E-state index in [4.69, 9.17) is 17.0 Å². The van der Waals surface area contributed by atoms with Gasteiger partial charge in [-0.25, -0.2) is 0 Å². The molecule has 2 aromatic heterocycles. The number of pyridine rings is 1. The molecular weight excluding hydrogens is 440 g/mol. The second-order valence-corrected chi connectivity index (χ2v) is 9.08. The summed E-state index contributed by atoms with van der Waals surface area (Å²) in [7, 11) is 1.68. The van der Waals surface area contributed by atoms with Gasteiger partial charge >= 0.3 is 0 Å². The summed E-state index contributed by atoms with van der Waals surface area (Å²) in [5.74, 6) is 0.817. The highest BCUT2D eigenvalue weighted by Crippen LogP contribution is 2.44. The first-order chi connectivity index (χ1) is 16.5. The van der Waals surface area contributed by atoms with E-state index in [1.54, 1.807) is 7.11 Å². The summed E-state index contributed by atoms with van der Waals surface area (Å²) < 4.78 is 7.69. The van der Waals surface area contributed by atoms with Crippen molar-refractivity contribution in [2.75, 3.05) is 12.0 Å². The number of benzene rings is 2. The lowest BCUT2D eigenvalue weighted by molar-refractivity contribution is 0.415. The molecular formula is C28H28N4OS. The van der Waals surface area contributed by atoms with Gasteiger partial charge in [-0.3, -0.25) is 4.98 Å². The number of nitrogens with zero attached hydrogens (tertiary/aromatic N) is 3. The molecule has 0 radical (unpaired) electrons. The first kappa shape index (κ1) is 22.2. The Hall–Kier alpha value is -3.64. The molecule has 0 amide bonds. The van der Waals surface area contributed by atoms with Crippen LogP contribution in [0.3, 0.4) is 0 Å². The molecule has 0 bridgehead atoms. The molecule has 1 N–H and O–H groups in total. The average molecular weight is 469 g/mol. The fourth-order valence-electron chi connectivity index (χ4n) is 4.87. The van der Waals surface area contributed by atoms with Crippen molar-refractivity contribution in [1.82, 2.24) is 14.9 Å². The summed E-state index contributed by atoms with van der Waals surface area (Å²) >= 11 is 5.88. The quantitative estimate of drug-likeness (QED) is 0.365. The number of thiocarbonyl (C=S) groups is 1. The molecule has 1 saturated heterocycles. The van der Waals surface area contributed by atoms with Crippen LogP contribution in [-0.4, -0.2) is 21.8 Å². The van der Waals surface area contributed by atoms with Crippen LogP contribution in [0.1, 0.15) is 40.3 Å². The third kappa shape index (κ3) is 3.84. The number of hydrogen-bond donors (Lipinski definition) is 1. The summed E-state index contributed by atoms with van der Waals surface area (Å²) in [4.78, 5) is 6.88. The topological polar surface area (TPSA) is 42.3 Å². The molecule has 172 valence electrons. The Kier molecular flexibility index (Phi) is 5.84. The standard InChI is InChI=1S/C28H28N4OS/c1-18-8-10-21(11-9-18)31-19(2)17-24(20(31)3)27-26(25-7-5-6-16-29-25)30-28(34)32(27)22-12-14-23(33-4)15-13-22/h5-17,26-27H,1-4H3,(H,30,34)/t26-,27+/m1/s1. The summed E-state index contributed by atoms with van der Waals surface area (Å²) in [5, 5.41) is 4.24. The van der Waals surface area contributed by atoms with Gasteiger partial charge in [0.05, 0.1) is 24.9 Å². The van der Waals surface area contributed by atoms with Gasteiger partial charge in [0.2, 0.25) is 0 Å². The Balaban J connectivity index is 1.66. The summed E-state index contributed by atoms with van der Waals surface area (Å²) in [6.45, 7) is 6.45. The lowest BCUT2D eigenvalue weighted by Gasteiger charge is -2.28. The Morgan fingerprint density at radius 1 is 0.912 bits per heavy atom. The molecule has 1 aliphatic rings. The highest BCUT2D eigenvalue weighted by molar-refractivity contribution is 7.80. The zero-order chi connectivity index (χ0) is 23.8. The normalized spacial score (nSPS) is 17.6. The molecule has 0 spiro atoms. The molecule has 0 saturated carbocycles. The van der Waals surface area contributed by atoms with Gasteiger partial charge in [0, 0.05) is 29.0 Å². The van der Waals surface area contributed by atoms with Crippen molar-refractivity contribution in [2.45, 2.75) is 32.9 Å². The first-order valence-electron chi connectivity index (χ1n) is 11.4. The number of hydrogen-bond acceptors (Lipinski definition) is 3. The highest BCUT2D eigenvalue weighted by atomic mass is 32.1. The lowest BCUT2D eigenvalue weighted by atomic mass is 9.96. The maximum absolute atomic E-state index is 5.88. The van der Waals surface area contributed by atoms with E-state index in [1.807, 2.05) is 30.5 Å². The molecule has 5 rings (SSSR count). The molecule has 3 heterocycles. The maximum Gasteiger partial charge on any atom is 0.174 e. The molecule has 34 heavy (non-hydrogen) atoms. The largest absolute Gasteiger partial charge is 0.497 e. The second-order valence-electron chi connectivity index (χ2n) is 8.69. The fourth-order valence-corrected chi connectivity index (χ4v) is 5.22. The lowest BCUT2D eigenvalue weighted by Crippen LogP contribution is -2.29. The summed E-state index contributed by atoms with van der Waals surface area (Å²) in [6.07, 6.45) is 1.84. The van der Waals surface area contributed by atoms with Gasteiger partial charge in [0.25, 0.3) is 0 Å². The van der Waals surface area contributed by atoms with Crippen LogP contribution in [-0.2, 0) is 0 Å². The van der Waals surface area contributed by atoms with Crippen molar-refractivity contribution in [3.05, 3.63) is 107 Å². The zero-order valence-electron chi connectivity index (χ0n) is 19.8. The Bertz CT molecular complexity index is 1310. The molecule has 5 nitrogen and oxygen atoms in total. The fraction of sp³-hybridized carbons (Fsp3) is 0.214. The molecule has 2 atom stereocenters. The Labute approximate surface area is 206 Å². The van der Waals surface area contributed by atoms with Crippen molar-refractivity contribution in [1.29, 1.82) is 0 Å². The zero-order valence-corrected chi connectivity index (χ0v) is 20.6. The Morgan fingerprint density at radius 2 is 1.62 bits per heavy atom. The van der Waals surface area contributed by atoms with Crippen molar-refractivity contribution in [2.24, 2.45) is 0 Å². The van der Waals surface area contributed by atoms with Crippen LogP contribution in [0.5, 0.6) is 5.75 Å². The Morgan fingerprint density at radius 3 is 2.26 bits per heavy atom. The average Bonchev–Trinajstić information content (AvgIpc) is 3.35. The smallest absolute Gasteiger partial charge is 0.174 e. The first-order valence-corrected chi connectivity index (χ1v) is 11.8. The SMILES string of the molecule is COc1ccc(N2C(=S)N[C@H](c3ccccn3)[C@@H]2c2cc(C)n(-c3ccc(C)cc3)c2C)cc1. The van der Waals surface area contributed by atoms with Crippen LogP contribution in [0.15, 0.2) is 79.0 Å². The van der Waals surface area contributed by atoms with E-state index in [1.165, 1.54) is 22.5 Å². The number of aryl methyl sites for hydroxylation is 2. The molecule has 0 unspecified atom stereocenters. The number of nitrogens with one attached hydrogen (secondary N) is 1. The summed E-state index contributed by atoms with van der Waals surface area (Å²) in [5.41, 5.74) is 7.98. The minimum absolute atomic E-state index is 0.0545. The number of methoxy groups -OCH3 is 1. The minimum atomic E-state index is -0.0808. The van der Waals surface area contributed by atoms with E-state index in [-0.39, 0.29) is 12.1 Å². The maximum atomic E-state index is 5.88. The number of anilines is 1. The van der Waals surface area contributed by atoms with Crippen LogP contribution in [0.4, 0.5) is 5.69 Å². The predicted octanol–water partition coefficient (Wildman–Crippen LogP) is 5.98. The van der Waals surface area contributed by atoms with Gasteiger partial charge in [-0.05, 0) is 93.1 Å². The highest BCUT2D eigenvalue weighted by Gasteiger charge is 2.42. The molecule has 2 aromatic carbocycles. The van der Waals surface area contributed by atoms with E-state index in [0.29, 0.717) is 5.11 Å². The molecule has 1 aliphatic heterocycles. The van der Waals surface area contributed by atoms with Crippen LogP contribution >= 0.6 is 12.2 Å². The van der Waals surface area contributed by atoms with Gasteiger partial charge in [0.1, 0.15) is 5.75 Å². The van der Waals surface area contributed by atoms with E-state index in [0.717, 1.165) is 22.8 Å². The number of rotatable bonds is 5. The van der Waals surface area contributed by atoms with Crippen LogP contribution in [0.2, 0.25) is 0 Å². The van der Waals surface area contributed by atoms with Crippen LogP contribution < -0.4 is 15.0 Å². The molecule has 0 aliphatic carbocycles. The van der Waals surface area contributed by atoms with Gasteiger partial charge in [-0.15, -0.1) is 0 Å². The second kappa shape index (κ2) is 8.95. The van der Waals surface area contributed by atoms with Crippen molar-refractivity contribution < 1.29 is 4.74 Å². The van der Waals surface area contributed by atoms with Gasteiger partial charge < -0.3 is 19.5 Å². The monoisotopic (exact) mass is 468 g/mol. The molecule has 1 fully saturated rings. The molecule has 6 heteroatoms. The predicted molar refractivity (Wildman–Crippen MR) is 141 cm³/mol. The van der Waals surface area contributed by atoms with E-state index >= 15 is 0 Å². The van der Waals surface area contributed by atoms with Gasteiger partial charge in [-0.1, -0.05) is 23.8 Å². The van der Waals surface area contributed by atoms with E-state index in [9.17, 15) is 0 Å². The van der Waals surface area contributed by atoms with Gasteiger partial charge in [-0.2, -0.15) is 0 Å². The third-order valence-electron chi connectivity index (χ3n) is 6.53. The summed E-state index contributed by atoms with van der Waals surface area (Å²) in [6, 6.07) is 24.9. The van der Waals surface area contributed by atoms with Crippen molar-refractivity contribution in [3.63, 3.8) is 0 Å². The van der Waals surface area contributed by atoms with Crippen LogP contribution in [0.25, 0.3) is 5.69 Å².